The van der Waals surface area contributed by atoms with E-state index in [1.807, 2.05) is 24.5 Å². The van der Waals surface area contributed by atoms with E-state index in [4.69, 9.17) is 0 Å². The van der Waals surface area contributed by atoms with Crippen LogP contribution in [0.25, 0.3) is 5.65 Å². The third-order valence-corrected chi connectivity index (χ3v) is 3.48. The lowest BCUT2D eigenvalue weighted by Crippen LogP contribution is -2.07. The summed E-state index contributed by atoms with van der Waals surface area (Å²) in [4.78, 5) is 4.11. The van der Waals surface area contributed by atoms with E-state index >= 15 is 0 Å². The number of anilines is 1. The minimum Gasteiger partial charge on any atom is -0.378 e. The van der Waals surface area contributed by atoms with E-state index in [1.54, 1.807) is 10.8 Å². The van der Waals surface area contributed by atoms with Gasteiger partial charge in [0.1, 0.15) is 6.33 Å². The van der Waals surface area contributed by atoms with Crippen molar-refractivity contribution in [1.29, 1.82) is 0 Å². The largest absolute Gasteiger partial charge is 0.378 e. The molecule has 0 saturated heterocycles. The zero-order valence-corrected chi connectivity index (χ0v) is 12.4. The Balaban J connectivity index is 1.92. The van der Waals surface area contributed by atoms with Crippen molar-refractivity contribution in [2.24, 2.45) is 0 Å². The van der Waals surface area contributed by atoms with Crippen molar-refractivity contribution in [3.63, 3.8) is 0 Å². The van der Waals surface area contributed by atoms with Crippen molar-refractivity contribution in [3.8, 4) is 0 Å². The van der Waals surface area contributed by atoms with E-state index in [2.05, 4.69) is 46.4 Å². The van der Waals surface area contributed by atoms with Gasteiger partial charge >= 0.3 is 0 Å². The Bertz CT molecular complexity index is 762. The summed E-state index contributed by atoms with van der Waals surface area (Å²) >= 11 is 0. The maximum Gasteiger partial charge on any atom is 0.200 e. The minimum atomic E-state index is 0.347. The fourth-order valence-corrected chi connectivity index (χ4v) is 2.15. The number of hydrogen-bond donors (Lipinski definition) is 1. The molecule has 6 nitrogen and oxygen atoms in total. The molecular formula is C15H18N6. The summed E-state index contributed by atoms with van der Waals surface area (Å²) in [5.74, 6) is 0.347. The highest BCUT2D eigenvalue weighted by Gasteiger charge is 2.10. The lowest BCUT2D eigenvalue weighted by atomic mass is 10.1. The molecular weight excluding hydrogens is 264 g/mol. The summed E-state index contributed by atoms with van der Waals surface area (Å²) in [6, 6.07) is 4.07. The van der Waals surface area contributed by atoms with Crippen LogP contribution in [0.3, 0.4) is 0 Å². The molecule has 21 heavy (non-hydrogen) atoms. The molecule has 0 spiro atoms. The molecule has 0 bridgehead atoms. The average molecular weight is 282 g/mol. The van der Waals surface area contributed by atoms with Gasteiger partial charge in [-0.2, -0.15) is 9.61 Å². The molecule has 0 fully saturated rings. The fraction of sp³-hybridized carbons (Fsp3) is 0.333. The lowest BCUT2D eigenvalue weighted by molar-refractivity contribution is 0.762. The number of nitrogens with one attached hydrogen (secondary N) is 1. The average Bonchev–Trinajstić information content (AvgIpc) is 2.94. The van der Waals surface area contributed by atoms with Gasteiger partial charge in [-0.25, -0.2) is 0 Å². The molecule has 3 aromatic rings. The van der Waals surface area contributed by atoms with E-state index < -0.39 is 0 Å². The maximum atomic E-state index is 4.51. The van der Waals surface area contributed by atoms with E-state index in [0.29, 0.717) is 5.92 Å². The van der Waals surface area contributed by atoms with Gasteiger partial charge in [0, 0.05) is 18.9 Å². The molecule has 0 amide bonds. The highest BCUT2D eigenvalue weighted by molar-refractivity contribution is 5.66. The van der Waals surface area contributed by atoms with E-state index in [-0.39, 0.29) is 0 Å². The van der Waals surface area contributed by atoms with Gasteiger partial charge in [-0.1, -0.05) is 13.8 Å². The Hall–Kier alpha value is -2.50. The topological polar surface area (TPSA) is 68.0 Å². The van der Waals surface area contributed by atoms with Crippen LogP contribution in [0.1, 0.15) is 36.6 Å². The SMILES string of the molecule is Cc1cnccc1CNc1cc(C(C)C)nn2cnnc12. The second-order valence-corrected chi connectivity index (χ2v) is 5.39. The molecule has 108 valence electrons. The Kier molecular flexibility index (Phi) is 3.51. The van der Waals surface area contributed by atoms with Crippen LogP contribution in [0.2, 0.25) is 0 Å². The van der Waals surface area contributed by atoms with Crippen molar-refractivity contribution >= 4 is 11.3 Å². The van der Waals surface area contributed by atoms with Crippen molar-refractivity contribution < 1.29 is 0 Å². The quantitative estimate of drug-likeness (QED) is 0.796. The lowest BCUT2D eigenvalue weighted by Gasteiger charge is -2.12. The number of hydrogen-bond acceptors (Lipinski definition) is 5. The Morgan fingerprint density at radius 2 is 2.19 bits per heavy atom. The fourth-order valence-electron chi connectivity index (χ4n) is 2.15. The van der Waals surface area contributed by atoms with Gasteiger partial charge in [-0.15, -0.1) is 10.2 Å². The Morgan fingerprint density at radius 1 is 1.33 bits per heavy atom. The van der Waals surface area contributed by atoms with Crippen LogP contribution in [0.15, 0.2) is 30.9 Å². The van der Waals surface area contributed by atoms with Crippen molar-refractivity contribution in [1.82, 2.24) is 24.8 Å². The summed E-state index contributed by atoms with van der Waals surface area (Å²) in [5, 5.41) is 16.0. The van der Waals surface area contributed by atoms with Crippen LogP contribution < -0.4 is 5.32 Å². The van der Waals surface area contributed by atoms with Crippen LogP contribution >= 0.6 is 0 Å². The molecule has 6 heteroatoms. The van der Waals surface area contributed by atoms with Crippen LogP contribution in [0, 0.1) is 6.92 Å². The van der Waals surface area contributed by atoms with Gasteiger partial charge in [-0.05, 0) is 36.1 Å². The van der Waals surface area contributed by atoms with Gasteiger partial charge in [0.2, 0.25) is 5.65 Å². The van der Waals surface area contributed by atoms with Gasteiger partial charge in [-0.3, -0.25) is 4.98 Å². The standard InChI is InChI=1S/C15H18N6/c1-10(2)13-6-14(15-19-18-9-21(15)20-13)17-8-12-4-5-16-7-11(12)3/h4-7,9-10,17H,8H2,1-3H3. The second-order valence-electron chi connectivity index (χ2n) is 5.39. The highest BCUT2D eigenvalue weighted by atomic mass is 15.3. The smallest absolute Gasteiger partial charge is 0.200 e. The molecule has 0 aliphatic carbocycles. The maximum absolute atomic E-state index is 4.51. The Labute approximate surface area is 123 Å². The first-order valence-corrected chi connectivity index (χ1v) is 6.99. The van der Waals surface area contributed by atoms with Crippen LogP contribution in [-0.4, -0.2) is 24.8 Å². The highest BCUT2D eigenvalue weighted by Crippen LogP contribution is 2.21. The minimum absolute atomic E-state index is 0.347. The second kappa shape index (κ2) is 5.47. The van der Waals surface area contributed by atoms with Gasteiger partial charge in [0.05, 0.1) is 11.4 Å². The summed E-state index contributed by atoms with van der Waals surface area (Å²) < 4.78 is 1.72. The number of nitrogens with zero attached hydrogens (tertiary/aromatic N) is 5. The molecule has 0 radical (unpaired) electrons. The third-order valence-electron chi connectivity index (χ3n) is 3.48. The molecule has 3 rings (SSSR count). The van der Waals surface area contributed by atoms with E-state index in [9.17, 15) is 0 Å². The third kappa shape index (κ3) is 2.69. The molecule has 0 atom stereocenters. The number of rotatable bonds is 4. The van der Waals surface area contributed by atoms with E-state index in [1.165, 1.54) is 11.1 Å². The summed E-state index contributed by atoms with van der Waals surface area (Å²) in [7, 11) is 0. The molecule has 1 N–H and O–H groups in total. The number of fused-ring (bicyclic) bond motifs is 1. The predicted molar refractivity (Wildman–Crippen MR) is 81.2 cm³/mol. The predicted octanol–water partition coefficient (Wildman–Crippen LogP) is 2.56. The molecule has 0 saturated carbocycles. The number of aryl methyl sites for hydroxylation is 1. The molecule has 0 unspecified atom stereocenters. The first-order chi connectivity index (χ1) is 10.1. The van der Waals surface area contributed by atoms with Crippen molar-refractivity contribution in [2.75, 3.05) is 5.32 Å². The molecule has 3 heterocycles. The van der Waals surface area contributed by atoms with Crippen molar-refractivity contribution in [3.05, 3.63) is 47.7 Å². The zero-order chi connectivity index (χ0) is 14.8. The number of pyridine rings is 1. The molecule has 0 aliphatic rings. The van der Waals surface area contributed by atoms with E-state index in [0.717, 1.165) is 23.6 Å². The molecule has 0 aliphatic heterocycles. The first kappa shape index (κ1) is 13.5. The van der Waals surface area contributed by atoms with Crippen LogP contribution in [0.5, 0.6) is 0 Å². The summed E-state index contributed by atoms with van der Waals surface area (Å²) in [6.07, 6.45) is 5.31. The molecule has 3 aromatic heterocycles. The van der Waals surface area contributed by atoms with Crippen LogP contribution in [-0.2, 0) is 6.54 Å². The first-order valence-electron chi connectivity index (χ1n) is 6.99. The van der Waals surface area contributed by atoms with Crippen LogP contribution in [0.4, 0.5) is 5.69 Å². The summed E-state index contributed by atoms with van der Waals surface area (Å²) in [5.41, 5.74) is 5.08. The number of aromatic nitrogens is 5. The van der Waals surface area contributed by atoms with Crippen molar-refractivity contribution in [2.45, 2.75) is 33.2 Å². The normalized spacial score (nSPS) is 11.2. The molecule has 0 aromatic carbocycles. The van der Waals surface area contributed by atoms with Gasteiger partial charge in [0.15, 0.2) is 0 Å². The monoisotopic (exact) mass is 282 g/mol. The van der Waals surface area contributed by atoms with Gasteiger partial charge in [0.25, 0.3) is 0 Å². The summed E-state index contributed by atoms with van der Waals surface area (Å²) in [6.45, 7) is 7.02. The van der Waals surface area contributed by atoms with Gasteiger partial charge < -0.3 is 5.32 Å². The zero-order valence-electron chi connectivity index (χ0n) is 12.4. The Morgan fingerprint density at radius 3 is 2.95 bits per heavy atom.